The lowest BCUT2D eigenvalue weighted by molar-refractivity contribution is 0.224. The van der Waals surface area contributed by atoms with Crippen LogP contribution in [-0.4, -0.2) is 52.5 Å². The van der Waals surface area contributed by atoms with Gasteiger partial charge in [0.1, 0.15) is 17.7 Å². The van der Waals surface area contributed by atoms with E-state index in [0.29, 0.717) is 0 Å². The number of nitrogens with zero attached hydrogens (tertiary/aromatic N) is 5. The van der Waals surface area contributed by atoms with Gasteiger partial charge in [0.05, 0.1) is 12.2 Å². The van der Waals surface area contributed by atoms with Crippen LogP contribution in [0.1, 0.15) is 24.9 Å². The molecule has 3 rings (SSSR count). The summed E-state index contributed by atoms with van der Waals surface area (Å²) < 4.78 is 10.5. The maximum absolute atomic E-state index is 6.14. The highest BCUT2D eigenvalue weighted by molar-refractivity contribution is 7.09. The lowest BCUT2D eigenvalue weighted by atomic mass is 10.3. The van der Waals surface area contributed by atoms with Crippen molar-refractivity contribution in [2.75, 3.05) is 32.1 Å². The van der Waals surface area contributed by atoms with Crippen LogP contribution < -0.4 is 9.64 Å². The zero-order valence-corrected chi connectivity index (χ0v) is 14.7. The SMILES string of the molecule is CCc1nsc(N2CCC(Oc3ccnc(CN(C)C)c3)C2)n1. The highest BCUT2D eigenvalue weighted by Crippen LogP contribution is 2.25. The van der Waals surface area contributed by atoms with Crippen LogP contribution in [0.3, 0.4) is 0 Å². The number of aromatic nitrogens is 3. The van der Waals surface area contributed by atoms with Gasteiger partial charge in [-0.3, -0.25) is 4.98 Å². The molecule has 7 heteroatoms. The van der Waals surface area contributed by atoms with Crippen LogP contribution in [0.2, 0.25) is 0 Å². The minimum atomic E-state index is 0.193. The summed E-state index contributed by atoms with van der Waals surface area (Å²) in [6.07, 6.45) is 3.90. The molecule has 2 aromatic rings. The average Bonchev–Trinajstić information content (AvgIpc) is 3.15. The van der Waals surface area contributed by atoms with Crippen LogP contribution >= 0.6 is 11.5 Å². The number of pyridine rings is 1. The molecule has 1 atom stereocenters. The minimum absolute atomic E-state index is 0.193. The Labute approximate surface area is 141 Å². The molecule has 0 spiro atoms. The summed E-state index contributed by atoms with van der Waals surface area (Å²) in [5.74, 6) is 1.83. The molecule has 0 amide bonds. The van der Waals surface area contributed by atoms with E-state index >= 15 is 0 Å². The molecular weight excluding hydrogens is 310 g/mol. The van der Waals surface area contributed by atoms with E-state index in [2.05, 4.69) is 31.1 Å². The van der Waals surface area contributed by atoms with Crippen LogP contribution in [0, 0.1) is 0 Å². The normalized spacial score (nSPS) is 17.9. The zero-order valence-electron chi connectivity index (χ0n) is 13.9. The first kappa shape index (κ1) is 16.1. The summed E-state index contributed by atoms with van der Waals surface area (Å²) in [7, 11) is 4.08. The topological polar surface area (TPSA) is 54.4 Å². The van der Waals surface area contributed by atoms with Crippen LogP contribution in [0.15, 0.2) is 18.3 Å². The molecule has 23 heavy (non-hydrogen) atoms. The highest BCUT2D eigenvalue weighted by Gasteiger charge is 2.26. The quantitative estimate of drug-likeness (QED) is 0.808. The molecule has 0 radical (unpaired) electrons. The van der Waals surface area contributed by atoms with Crippen LogP contribution in [-0.2, 0) is 13.0 Å². The van der Waals surface area contributed by atoms with Gasteiger partial charge < -0.3 is 14.5 Å². The van der Waals surface area contributed by atoms with Crippen molar-refractivity contribution in [2.24, 2.45) is 0 Å². The second kappa shape index (κ2) is 7.23. The lowest BCUT2D eigenvalue weighted by Gasteiger charge is -2.16. The monoisotopic (exact) mass is 333 g/mol. The van der Waals surface area contributed by atoms with Gasteiger partial charge in [-0.05, 0) is 20.2 Å². The molecule has 1 unspecified atom stereocenters. The van der Waals surface area contributed by atoms with Gasteiger partial charge in [0, 0.05) is 49.7 Å². The summed E-state index contributed by atoms with van der Waals surface area (Å²) >= 11 is 1.48. The van der Waals surface area contributed by atoms with Crippen molar-refractivity contribution in [1.29, 1.82) is 0 Å². The molecule has 6 nitrogen and oxygen atoms in total. The minimum Gasteiger partial charge on any atom is -0.488 e. The molecule has 1 saturated heterocycles. The third-order valence-corrected chi connectivity index (χ3v) is 4.57. The Morgan fingerprint density at radius 2 is 2.30 bits per heavy atom. The zero-order chi connectivity index (χ0) is 16.2. The molecule has 0 N–H and O–H groups in total. The van der Waals surface area contributed by atoms with Crippen LogP contribution in [0.25, 0.3) is 0 Å². The fraction of sp³-hybridized carbons (Fsp3) is 0.562. The maximum atomic E-state index is 6.14. The summed E-state index contributed by atoms with van der Waals surface area (Å²) in [6, 6.07) is 3.96. The highest BCUT2D eigenvalue weighted by atomic mass is 32.1. The number of rotatable bonds is 6. The average molecular weight is 333 g/mol. The van der Waals surface area contributed by atoms with Gasteiger partial charge in [-0.15, -0.1) is 0 Å². The number of anilines is 1. The van der Waals surface area contributed by atoms with E-state index in [1.165, 1.54) is 11.5 Å². The standard InChI is InChI=1S/C16H23N5OS/c1-4-15-18-16(23-19-15)21-8-6-14(11-21)22-13-5-7-17-12(9-13)10-20(2)3/h5,7,9,14H,4,6,8,10-11H2,1-3H3. The fourth-order valence-corrected chi connectivity index (χ4v) is 3.43. The third kappa shape index (κ3) is 4.17. The van der Waals surface area contributed by atoms with Gasteiger partial charge in [0.15, 0.2) is 0 Å². The molecule has 2 aromatic heterocycles. The van der Waals surface area contributed by atoms with Gasteiger partial charge in [0.2, 0.25) is 5.13 Å². The first-order valence-corrected chi connectivity index (χ1v) is 8.75. The molecule has 0 aliphatic carbocycles. The van der Waals surface area contributed by atoms with Gasteiger partial charge in [0.25, 0.3) is 0 Å². The predicted octanol–water partition coefficient (Wildman–Crippen LogP) is 2.21. The molecule has 1 aliphatic rings. The Morgan fingerprint density at radius 1 is 1.43 bits per heavy atom. The van der Waals surface area contributed by atoms with Crippen molar-refractivity contribution in [2.45, 2.75) is 32.4 Å². The van der Waals surface area contributed by atoms with Crippen molar-refractivity contribution in [1.82, 2.24) is 19.2 Å². The van der Waals surface area contributed by atoms with Crippen molar-refractivity contribution in [3.05, 3.63) is 29.8 Å². The predicted molar refractivity (Wildman–Crippen MR) is 92.2 cm³/mol. The van der Waals surface area contributed by atoms with E-state index in [9.17, 15) is 0 Å². The fourth-order valence-electron chi connectivity index (χ4n) is 2.65. The number of ether oxygens (including phenoxy) is 1. The Balaban J connectivity index is 1.59. The summed E-state index contributed by atoms with van der Waals surface area (Å²) in [5.41, 5.74) is 1.03. The Bertz CT molecular complexity index is 645. The molecule has 1 fully saturated rings. The van der Waals surface area contributed by atoms with Crippen molar-refractivity contribution in [3.8, 4) is 5.75 Å². The number of aryl methyl sites for hydroxylation is 1. The van der Waals surface area contributed by atoms with E-state index in [1.54, 1.807) is 0 Å². The Hall–Kier alpha value is -1.73. The van der Waals surface area contributed by atoms with E-state index in [0.717, 1.165) is 54.9 Å². The second-order valence-corrected chi connectivity index (χ2v) is 6.77. The van der Waals surface area contributed by atoms with E-state index in [4.69, 9.17) is 4.74 Å². The third-order valence-electron chi connectivity index (χ3n) is 3.76. The largest absolute Gasteiger partial charge is 0.488 e. The maximum Gasteiger partial charge on any atom is 0.205 e. The van der Waals surface area contributed by atoms with E-state index in [-0.39, 0.29) is 6.10 Å². The van der Waals surface area contributed by atoms with Gasteiger partial charge in [-0.1, -0.05) is 6.92 Å². The second-order valence-electron chi connectivity index (χ2n) is 6.04. The van der Waals surface area contributed by atoms with Crippen molar-refractivity contribution in [3.63, 3.8) is 0 Å². The number of hydrogen-bond acceptors (Lipinski definition) is 7. The molecule has 0 saturated carbocycles. The van der Waals surface area contributed by atoms with Crippen LogP contribution in [0.5, 0.6) is 5.75 Å². The smallest absolute Gasteiger partial charge is 0.205 e. The van der Waals surface area contributed by atoms with Crippen molar-refractivity contribution < 1.29 is 4.74 Å². The number of hydrogen-bond donors (Lipinski definition) is 0. The Morgan fingerprint density at radius 3 is 3.04 bits per heavy atom. The molecule has 0 aromatic carbocycles. The van der Waals surface area contributed by atoms with Gasteiger partial charge >= 0.3 is 0 Å². The van der Waals surface area contributed by atoms with Gasteiger partial charge in [-0.2, -0.15) is 4.37 Å². The Kier molecular flexibility index (Phi) is 5.07. The van der Waals surface area contributed by atoms with Crippen molar-refractivity contribution >= 4 is 16.7 Å². The molecular formula is C16H23N5OS. The molecule has 0 bridgehead atoms. The summed E-state index contributed by atoms with van der Waals surface area (Å²) in [5, 5.41) is 1.01. The molecule has 1 aliphatic heterocycles. The molecule has 124 valence electrons. The summed E-state index contributed by atoms with van der Waals surface area (Å²) in [6.45, 7) is 4.73. The first-order chi connectivity index (χ1) is 11.1. The van der Waals surface area contributed by atoms with Crippen LogP contribution in [0.4, 0.5) is 5.13 Å². The lowest BCUT2D eigenvalue weighted by Crippen LogP contribution is -2.24. The van der Waals surface area contributed by atoms with Gasteiger partial charge in [-0.25, -0.2) is 4.98 Å². The molecule has 3 heterocycles. The van der Waals surface area contributed by atoms with E-state index < -0.39 is 0 Å². The first-order valence-electron chi connectivity index (χ1n) is 7.98. The van der Waals surface area contributed by atoms with E-state index in [1.807, 2.05) is 32.4 Å². The summed E-state index contributed by atoms with van der Waals surface area (Å²) in [4.78, 5) is 13.3.